The summed E-state index contributed by atoms with van der Waals surface area (Å²) in [5.41, 5.74) is 1.39. The predicted molar refractivity (Wildman–Crippen MR) is 131 cm³/mol. The van der Waals surface area contributed by atoms with E-state index in [1.807, 2.05) is 26.8 Å². The second kappa shape index (κ2) is 9.70. The number of carbonyl (C=O) groups excluding carboxylic acids is 1. The van der Waals surface area contributed by atoms with Gasteiger partial charge in [-0.2, -0.15) is 18.3 Å². The van der Waals surface area contributed by atoms with Gasteiger partial charge >= 0.3 is 6.18 Å². The van der Waals surface area contributed by atoms with Crippen LogP contribution in [0.15, 0.2) is 30.3 Å². The SMILES string of the molecule is Cc1cc(C)c(C)c(Oc2cc(NC(=O)C(C)n3nc(C(F)(F)F)c(Cl)c3C3CC3)cc([N+](=O)[O-])c2)c1. The number of hydrogen-bond acceptors (Lipinski definition) is 5. The normalized spacial score (nSPS) is 14.4. The Kier molecular flexibility index (Phi) is 6.93. The molecule has 2 aromatic carbocycles. The summed E-state index contributed by atoms with van der Waals surface area (Å²) in [5.74, 6) is -0.317. The Morgan fingerprint density at radius 2 is 1.89 bits per heavy atom. The number of aromatic nitrogens is 2. The number of nitrogens with one attached hydrogen (secondary N) is 1. The van der Waals surface area contributed by atoms with E-state index >= 15 is 0 Å². The van der Waals surface area contributed by atoms with E-state index < -0.39 is 33.8 Å². The van der Waals surface area contributed by atoms with Crippen molar-refractivity contribution in [3.05, 3.63) is 73.5 Å². The number of aryl methyl sites for hydroxylation is 2. The number of amides is 1. The number of hydrogen-bond donors (Lipinski definition) is 1. The highest BCUT2D eigenvalue weighted by Gasteiger charge is 2.43. The number of benzene rings is 2. The summed E-state index contributed by atoms with van der Waals surface area (Å²) in [7, 11) is 0. The first kappa shape index (κ1) is 26.5. The number of nitrogens with zero attached hydrogens (tertiary/aromatic N) is 3. The summed E-state index contributed by atoms with van der Waals surface area (Å²) in [6.45, 7) is 7.05. The number of ether oxygens (including phenoxy) is 1. The van der Waals surface area contributed by atoms with Gasteiger partial charge in [0.25, 0.3) is 5.69 Å². The molecule has 0 spiro atoms. The Morgan fingerprint density at radius 3 is 2.49 bits per heavy atom. The fourth-order valence-corrected chi connectivity index (χ4v) is 4.42. The molecule has 1 heterocycles. The lowest BCUT2D eigenvalue weighted by Crippen LogP contribution is -2.26. The predicted octanol–water partition coefficient (Wildman–Crippen LogP) is 7.26. The maximum atomic E-state index is 13.4. The van der Waals surface area contributed by atoms with Gasteiger partial charge in [0.05, 0.1) is 27.4 Å². The molecule has 1 aliphatic carbocycles. The fourth-order valence-electron chi connectivity index (χ4n) is 4.04. The van der Waals surface area contributed by atoms with Gasteiger partial charge < -0.3 is 10.1 Å². The quantitative estimate of drug-likeness (QED) is 0.253. The van der Waals surface area contributed by atoms with Crippen molar-refractivity contribution in [2.75, 3.05) is 5.32 Å². The minimum Gasteiger partial charge on any atom is -0.457 e. The number of anilines is 1. The van der Waals surface area contributed by atoms with Crippen molar-refractivity contribution in [3.63, 3.8) is 0 Å². The molecule has 12 heteroatoms. The van der Waals surface area contributed by atoms with E-state index in [9.17, 15) is 28.1 Å². The van der Waals surface area contributed by atoms with Crippen LogP contribution < -0.4 is 10.1 Å². The molecule has 196 valence electrons. The number of nitro benzene ring substituents is 1. The van der Waals surface area contributed by atoms with Gasteiger partial charge in [-0.3, -0.25) is 19.6 Å². The summed E-state index contributed by atoms with van der Waals surface area (Å²) in [4.78, 5) is 24.0. The second-order valence-corrected chi connectivity index (χ2v) is 9.59. The van der Waals surface area contributed by atoms with Gasteiger partial charge in [0.1, 0.15) is 17.5 Å². The molecule has 8 nitrogen and oxygen atoms in total. The average Bonchev–Trinajstić information content (AvgIpc) is 3.57. The molecule has 0 bridgehead atoms. The lowest BCUT2D eigenvalue weighted by atomic mass is 10.1. The third-order valence-corrected chi connectivity index (χ3v) is 6.60. The molecule has 4 rings (SSSR count). The Labute approximate surface area is 215 Å². The van der Waals surface area contributed by atoms with Gasteiger partial charge in [0.2, 0.25) is 5.91 Å². The van der Waals surface area contributed by atoms with Crippen molar-refractivity contribution in [3.8, 4) is 11.5 Å². The first-order chi connectivity index (χ1) is 17.3. The molecular weight excluding hydrogens is 513 g/mol. The molecule has 3 aromatic rings. The van der Waals surface area contributed by atoms with E-state index in [0.29, 0.717) is 18.6 Å². The molecule has 1 aliphatic rings. The zero-order valence-corrected chi connectivity index (χ0v) is 21.2. The molecule has 1 atom stereocenters. The molecule has 0 saturated heterocycles. The number of carbonyl (C=O) groups is 1. The van der Waals surface area contributed by atoms with Crippen LogP contribution in [0.4, 0.5) is 24.5 Å². The third kappa shape index (κ3) is 5.56. The Hall–Kier alpha value is -3.60. The molecule has 1 saturated carbocycles. The summed E-state index contributed by atoms with van der Waals surface area (Å²) in [5, 5.41) is 17.2. The fraction of sp³-hybridized carbons (Fsp3) is 0.360. The van der Waals surface area contributed by atoms with Crippen LogP contribution in [0.5, 0.6) is 11.5 Å². The Morgan fingerprint density at radius 1 is 1.22 bits per heavy atom. The van der Waals surface area contributed by atoms with Gasteiger partial charge in [-0.25, -0.2) is 0 Å². The van der Waals surface area contributed by atoms with E-state index in [0.717, 1.165) is 27.4 Å². The highest BCUT2D eigenvalue weighted by molar-refractivity contribution is 6.32. The monoisotopic (exact) mass is 536 g/mol. The second-order valence-electron chi connectivity index (χ2n) is 9.21. The van der Waals surface area contributed by atoms with Crippen molar-refractivity contribution in [1.29, 1.82) is 0 Å². The van der Waals surface area contributed by atoms with Crippen LogP contribution >= 0.6 is 11.6 Å². The molecule has 1 unspecified atom stereocenters. The summed E-state index contributed by atoms with van der Waals surface area (Å²) in [6, 6.07) is 6.38. The van der Waals surface area contributed by atoms with Crippen LogP contribution in [0.1, 0.15) is 59.8 Å². The zero-order chi connectivity index (χ0) is 27.2. The average molecular weight is 537 g/mol. The first-order valence-corrected chi connectivity index (χ1v) is 11.8. The van der Waals surface area contributed by atoms with Gasteiger partial charge in [-0.1, -0.05) is 17.7 Å². The summed E-state index contributed by atoms with van der Waals surface area (Å²) >= 11 is 6.02. The maximum Gasteiger partial charge on any atom is 0.436 e. The smallest absolute Gasteiger partial charge is 0.436 e. The molecule has 1 amide bonds. The zero-order valence-electron chi connectivity index (χ0n) is 20.4. The van der Waals surface area contributed by atoms with E-state index in [1.165, 1.54) is 19.1 Å². The largest absolute Gasteiger partial charge is 0.457 e. The topological polar surface area (TPSA) is 99.3 Å². The molecule has 1 fully saturated rings. The summed E-state index contributed by atoms with van der Waals surface area (Å²) in [6.07, 6.45) is -3.50. The van der Waals surface area contributed by atoms with Crippen LogP contribution in [-0.4, -0.2) is 20.6 Å². The number of alkyl halides is 3. The van der Waals surface area contributed by atoms with Crippen molar-refractivity contribution in [2.24, 2.45) is 0 Å². The van der Waals surface area contributed by atoms with E-state index in [1.54, 1.807) is 6.07 Å². The molecule has 1 N–H and O–H groups in total. The van der Waals surface area contributed by atoms with Crippen LogP contribution in [0.2, 0.25) is 5.02 Å². The lowest BCUT2D eigenvalue weighted by molar-refractivity contribution is -0.384. The van der Waals surface area contributed by atoms with E-state index in [-0.39, 0.29) is 28.7 Å². The minimum absolute atomic E-state index is 0.0466. The van der Waals surface area contributed by atoms with Crippen molar-refractivity contribution in [2.45, 2.75) is 58.7 Å². The van der Waals surface area contributed by atoms with E-state index in [4.69, 9.17) is 16.3 Å². The number of non-ortho nitro benzene ring substituents is 1. The van der Waals surface area contributed by atoms with Crippen molar-refractivity contribution < 1.29 is 27.6 Å². The summed E-state index contributed by atoms with van der Waals surface area (Å²) < 4.78 is 47.2. The third-order valence-electron chi connectivity index (χ3n) is 6.23. The van der Waals surface area contributed by atoms with Crippen LogP contribution in [-0.2, 0) is 11.0 Å². The van der Waals surface area contributed by atoms with Gasteiger partial charge in [-0.15, -0.1) is 0 Å². The lowest BCUT2D eigenvalue weighted by Gasteiger charge is -2.17. The van der Waals surface area contributed by atoms with Crippen molar-refractivity contribution >= 4 is 28.9 Å². The molecule has 0 aliphatic heterocycles. The molecular formula is C25H24ClF3N4O4. The number of rotatable bonds is 7. The minimum atomic E-state index is -4.78. The maximum absolute atomic E-state index is 13.4. The van der Waals surface area contributed by atoms with Gasteiger partial charge in [0.15, 0.2) is 5.69 Å². The van der Waals surface area contributed by atoms with Crippen LogP contribution in [0, 0.1) is 30.9 Å². The van der Waals surface area contributed by atoms with E-state index in [2.05, 4.69) is 10.4 Å². The first-order valence-electron chi connectivity index (χ1n) is 11.5. The van der Waals surface area contributed by atoms with Gasteiger partial charge in [0, 0.05) is 18.1 Å². The number of halogens is 4. The van der Waals surface area contributed by atoms with Crippen LogP contribution in [0.25, 0.3) is 0 Å². The molecule has 0 radical (unpaired) electrons. The highest BCUT2D eigenvalue weighted by atomic mass is 35.5. The Bertz CT molecular complexity index is 1400. The van der Waals surface area contributed by atoms with Gasteiger partial charge in [-0.05, 0) is 63.3 Å². The van der Waals surface area contributed by atoms with Crippen molar-refractivity contribution in [1.82, 2.24) is 9.78 Å². The molecule has 1 aromatic heterocycles. The Balaban J connectivity index is 1.65. The standard InChI is InChI=1S/C25H24ClF3N4O4/c1-12-7-13(2)14(3)20(8-12)37-19-10-17(9-18(11-19)33(35)36)30-24(34)15(4)32-22(16-5-6-16)21(26)23(31-32)25(27,28)29/h7-11,15-16H,5-6H2,1-4H3,(H,30,34). The van der Waals surface area contributed by atoms with Crippen LogP contribution in [0.3, 0.4) is 0 Å². The molecule has 37 heavy (non-hydrogen) atoms. The highest BCUT2D eigenvalue weighted by Crippen LogP contribution is 2.47. The number of nitro groups is 1.